The number of hydrogen-bond donors (Lipinski definition) is 3. The number of pyridine rings is 1. The number of imidazole rings is 1. The second kappa shape index (κ2) is 5.81. The molecule has 3 N–H and O–H groups in total. The van der Waals surface area contributed by atoms with Crippen molar-refractivity contribution in [3.05, 3.63) is 36.7 Å². The van der Waals surface area contributed by atoms with Gasteiger partial charge in [0.1, 0.15) is 10.7 Å². The molecule has 0 radical (unpaired) electrons. The third kappa shape index (κ3) is 3.30. The Hall–Kier alpha value is -1.93. The number of aromatic nitrogens is 3. The Morgan fingerprint density at radius 2 is 2.21 bits per heavy atom. The minimum atomic E-state index is -3.57. The molecule has 0 bridgehead atoms. The molecular formula is C11H15N5O2S. The summed E-state index contributed by atoms with van der Waals surface area (Å²) in [7, 11) is -1.91. The van der Waals surface area contributed by atoms with Crippen LogP contribution >= 0.6 is 0 Å². The highest BCUT2D eigenvalue weighted by Crippen LogP contribution is 2.18. The van der Waals surface area contributed by atoms with E-state index in [2.05, 4.69) is 25.0 Å². The van der Waals surface area contributed by atoms with Crippen LogP contribution in [0.2, 0.25) is 0 Å². The van der Waals surface area contributed by atoms with E-state index in [1.807, 2.05) is 0 Å². The number of anilines is 1. The first-order chi connectivity index (χ1) is 9.13. The Bertz CT molecular complexity index is 624. The molecule has 0 saturated heterocycles. The Kier molecular flexibility index (Phi) is 4.13. The van der Waals surface area contributed by atoms with Crippen molar-refractivity contribution in [3.63, 3.8) is 0 Å². The molecule has 0 aliphatic carbocycles. The van der Waals surface area contributed by atoms with Crippen molar-refractivity contribution in [2.45, 2.75) is 11.3 Å². The first kappa shape index (κ1) is 13.5. The van der Waals surface area contributed by atoms with E-state index in [1.165, 1.54) is 12.4 Å². The number of sulfonamides is 1. The highest BCUT2D eigenvalue weighted by Gasteiger charge is 2.17. The molecule has 102 valence electrons. The Balaban J connectivity index is 2.05. The zero-order valence-electron chi connectivity index (χ0n) is 10.4. The van der Waals surface area contributed by atoms with Crippen LogP contribution in [0, 0.1) is 0 Å². The summed E-state index contributed by atoms with van der Waals surface area (Å²) in [5, 5.41) is 2.83. The summed E-state index contributed by atoms with van der Waals surface area (Å²) < 4.78 is 26.8. The van der Waals surface area contributed by atoms with Crippen molar-refractivity contribution >= 4 is 15.7 Å². The molecule has 0 amide bonds. The molecule has 19 heavy (non-hydrogen) atoms. The average molecular weight is 281 g/mol. The van der Waals surface area contributed by atoms with E-state index in [4.69, 9.17) is 0 Å². The molecule has 0 atom stereocenters. The fraction of sp³-hybridized carbons (Fsp3) is 0.273. The zero-order chi connectivity index (χ0) is 13.7. The molecule has 2 aromatic heterocycles. The number of hydrogen-bond acceptors (Lipinski definition) is 5. The normalized spacial score (nSPS) is 11.4. The fourth-order valence-electron chi connectivity index (χ4n) is 1.62. The van der Waals surface area contributed by atoms with Gasteiger partial charge in [0.15, 0.2) is 0 Å². The number of H-pyrrole nitrogens is 1. The predicted molar refractivity (Wildman–Crippen MR) is 71.3 cm³/mol. The van der Waals surface area contributed by atoms with Crippen molar-refractivity contribution in [2.75, 3.05) is 18.9 Å². The van der Waals surface area contributed by atoms with Crippen LogP contribution in [0.4, 0.5) is 5.69 Å². The van der Waals surface area contributed by atoms with Crippen LogP contribution < -0.4 is 10.0 Å². The van der Waals surface area contributed by atoms with Crippen molar-refractivity contribution in [3.8, 4) is 0 Å². The number of aromatic amines is 1. The van der Waals surface area contributed by atoms with E-state index >= 15 is 0 Å². The maximum Gasteiger partial charge on any atom is 0.244 e. The molecule has 2 aromatic rings. The number of nitrogens with zero attached hydrogens (tertiary/aromatic N) is 2. The minimum absolute atomic E-state index is 0.136. The molecule has 0 saturated carbocycles. The smallest absolute Gasteiger partial charge is 0.244 e. The van der Waals surface area contributed by atoms with Gasteiger partial charge in [-0.15, -0.1) is 0 Å². The van der Waals surface area contributed by atoms with E-state index in [9.17, 15) is 8.42 Å². The summed E-state index contributed by atoms with van der Waals surface area (Å²) in [5.74, 6) is 0.739. The third-order valence-electron chi connectivity index (χ3n) is 2.55. The van der Waals surface area contributed by atoms with Crippen molar-refractivity contribution in [1.82, 2.24) is 19.7 Å². The Morgan fingerprint density at radius 1 is 1.37 bits per heavy atom. The largest absolute Gasteiger partial charge is 0.387 e. The summed E-state index contributed by atoms with van der Waals surface area (Å²) in [6.07, 6.45) is 6.68. The molecular weight excluding hydrogens is 266 g/mol. The van der Waals surface area contributed by atoms with Crippen LogP contribution in [0.1, 0.15) is 5.82 Å². The molecule has 0 fully saturated rings. The summed E-state index contributed by atoms with van der Waals surface area (Å²) in [6.45, 7) is 0.272. The monoisotopic (exact) mass is 281 g/mol. The summed E-state index contributed by atoms with van der Waals surface area (Å²) in [6, 6.07) is 1.61. The maximum absolute atomic E-state index is 12.1. The number of nitrogens with one attached hydrogen (secondary N) is 3. The molecule has 0 spiro atoms. The minimum Gasteiger partial charge on any atom is -0.387 e. The zero-order valence-corrected chi connectivity index (χ0v) is 11.2. The maximum atomic E-state index is 12.1. The van der Waals surface area contributed by atoms with Crippen molar-refractivity contribution in [1.29, 1.82) is 0 Å². The van der Waals surface area contributed by atoms with E-state index in [-0.39, 0.29) is 11.4 Å². The van der Waals surface area contributed by atoms with Gasteiger partial charge in [-0.1, -0.05) is 0 Å². The summed E-state index contributed by atoms with van der Waals surface area (Å²) in [4.78, 5) is 10.9. The molecule has 0 aliphatic heterocycles. The van der Waals surface area contributed by atoms with Gasteiger partial charge < -0.3 is 10.3 Å². The van der Waals surface area contributed by atoms with Gasteiger partial charge in [-0.2, -0.15) is 0 Å². The van der Waals surface area contributed by atoms with E-state index in [0.29, 0.717) is 12.1 Å². The molecule has 2 rings (SSSR count). The van der Waals surface area contributed by atoms with Gasteiger partial charge in [0.05, 0.1) is 5.69 Å². The van der Waals surface area contributed by atoms with Gasteiger partial charge in [0.25, 0.3) is 0 Å². The molecule has 0 unspecified atom stereocenters. The SMILES string of the molecule is CNc1ccncc1S(=O)(=O)NCCc1ncc[nH]1. The third-order valence-corrected chi connectivity index (χ3v) is 4.04. The predicted octanol–water partition coefficient (Wildman–Crippen LogP) is 0.367. The van der Waals surface area contributed by atoms with Gasteiger partial charge >= 0.3 is 0 Å². The van der Waals surface area contributed by atoms with Gasteiger partial charge in [-0.25, -0.2) is 18.1 Å². The average Bonchev–Trinajstić information content (AvgIpc) is 2.91. The molecule has 7 nitrogen and oxygen atoms in total. The molecule has 2 heterocycles. The highest BCUT2D eigenvalue weighted by molar-refractivity contribution is 7.89. The van der Waals surface area contributed by atoms with Crippen LogP contribution in [0.25, 0.3) is 0 Å². The van der Waals surface area contributed by atoms with Crippen LogP contribution in [0.5, 0.6) is 0 Å². The van der Waals surface area contributed by atoms with E-state index in [0.717, 1.165) is 5.82 Å². The second-order valence-corrected chi connectivity index (χ2v) is 5.54. The molecule has 8 heteroatoms. The van der Waals surface area contributed by atoms with E-state index in [1.54, 1.807) is 25.5 Å². The summed E-state index contributed by atoms with van der Waals surface area (Å²) >= 11 is 0. The van der Waals surface area contributed by atoms with Crippen molar-refractivity contribution < 1.29 is 8.42 Å². The highest BCUT2D eigenvalue weighted by atomic mass is 32.2. The lowest BCUT2D eigenvalue weighted by molar-refractivity contribution is 0.581. The lowest BCUT2D eigenvalue weighted by Crippen LogP contribution is -2.27. The Morgan fingerprint density at radius 3 is 2.89 bits per heavy atom. The standard InChI is InChI=1S/C11H15N5O2S/c1-12-9-2-4-13-8-10(9)19(17,18)16-5-3-11-14-6-7-15-11/h2,4,6-8,16H,3,5H2,1H3,(H,12,13)(H,14,15). The quantitative estimate of drug-likeness (QED) is 0.710. The lowest BCUT2D eigenvalue weighted by atomic mass is 10.4. The van der Waals surface area contributed by atoms with E-state index < -0.39 is 10.0 Å². The van der Waals surface area contributed by atoms with Gasteiger partial charge in [0, 0.05) is 44.8 Å². The fourth-order valence-corrected chi connectivity index (χ4v) is 2.80. The van der Waals surface area contributed by atoms with Crippen LogP contribution in [0.3, 0.4) is 0 Å². The van der Waals surface area contributed by atoms with Gasteiger partial charge in [0.2, 0.25) is 10.0 Å². The molecule has 0 aromatic carbocycles. The topological polar surface area (TPSA) is 99.8 Å². The van der Waals surface area contributed by atoms with Crippen LogP contribution in [-0.2, 0) is 16.4 Å². The lowest BCUT2D eigenvalue weighted by Gasteiger charge is -2.09. The number of rotatable bonds is 6. The summed E-state index contributed by atoms with van der Waals surface area (Å²) in [5.41, 5.74) is 0.514. The van der Waals surface area contributed by atoms with Gasteiger partial charge in [-0.3, -0.25) is 4.98 Å². The second-order valence-electron chi connectivity index (χ2n) is 3.81. The van der Waals surface area contributed by atoms with Crippen LogP contribution in [0.15, 0.2) is 35.7 Å². The first-order valence-corrected chi connectivity index (χ1v) is 7.21. The van der Waals surface area contributed by atoms with Crippen molar-refractivity contribution in [2.24, 2.45) is 0 Å². The first-order valence-electron chi connectivity index (χ1n) is 5.73. The Labute approximate surface area is 111 Å². The van der Waals surface area contributed by atoms with Gasteiger partial charge in [-0.05, 0) is 6.07 Å². The molecule has 0 aliphatic rings. The van der Waals surface area contributed by atoms with Crippen LogP contribution in [-0.4, -0.2) is 37.0 Å².